The molecule has 0 aliphatic carbocycles. The van der Waals surface area contributed by atoms with Gasteiger partial charge in [0.2, 0.25) is 0 Å². The maximum Gasteiger partial charge on any atom is 0.261 e. The van der Waals surface area contributed by atoms with Crippen LogP contribution >= 0.6 is 0 Å². The largest absolute Gasteiger partial charge is 0.322 e. The van der Waals surface area contributed by atoms with Crippen LogP contribution in [0.3, 0.4) is 0 Å². The summed E-state index contributed by atoms with van der Waals surface area (Å²) in [5.74, 6) is -1.06. The van der Waals surface area contributed by atoms with Gasteiger partial charge in [-0.2, -0.15) is 0 Å². The molecule has 1 N–H and O–H groups in total. The van der Waals surface area contributed by atoms with Gasteiger partial charge in [0.05, 0.1) is 11.1 Å². The van der Waals surface area contributed by atoms with E-state index in [1.807, 2.05) is 25.1 Å². The van der Waals surface area contributed by atoms with Gasteiger partial charge in [-0.3, -0.25) is 19.3 Å². The number of nitrogens with zero attached hydrogens (tertiary/aromatic N) is 1. The Morgan fingerprint density at radius 2 is 1.37 bits per heavy atom. The zero-order valence-corrected chi connectivity index (χ0v) is 17.4. The van der Waals surface area contributed by atoms with Gasteiger partial charge in [-0.05, 0) is 78.9 Å². The predicted molar refractivity (Wildman–Crippen MR) is 117 cm³/mol. The van der Waals surface area contributed by atoms with E-state index < -0.39 is 5.91 Å². The van der Waals surface area contributed by atoms with Crippen molar-refractivity contribution in [2.45, 2.75) is 20.8 Å². The number of carbonyl (C=O) groups excluding carboxylic acids is 3. The molecule has 30 heavy (non-hydrogen) atoms. The normalized spacial score (nSPS) is 12.9. The van der Waals surface area contributed by atoms with Crippen molar-refractivity contribution in [1.82, 2.24) is 4.90 Å². The molecule has 3 aromatic rings. The number of hydrogen-bond acceptors (Lipinski definition) is 3. The molecule has 0 saturated heterocycles. The Hall–Kier alpha value is -3.73. The quantitative estimate of drug-likeness (QED) is 0.647. The van der Waals surface area contributed by atoms with Crippen LogP contribution in [0.5, 0.6) is 0 Å². The molecule has 0 spiro atoms. The molecule has 1 heterocycles. The highest BCUT2D eigenvalue weighted by atomic mass is 16.2. The monoisotopic (exact) mass is 398 g/mol. The minimum Gasteiger partial charge on any atom is -0.322 e. The molecule has 0 radical (unpaired) electrons. The first-order valence-electron chi connectivity index (χ1n) is 9.72. The zero-order valence-electron chi connectivity index (χ0n) is 17.4. The molecule has 1 aliphatic rings. The first kappa shape index (κ1) is 19.6. The number of benzene rings is 3. The summed E-state index contributed by atoms with van der Waals surface area (Å²) in [5, 5.41) is 2.91. The van der Waals surface area contributed by atoms with Crippen LogP contribution in [0.4, 0.5) is 5.69 Å². The van der Waals surface area contributed by atoms with Crippen molar-refractivity contribution in [3.63, 3.8) is 0 Å². The molecule has 0 fully saturated rings. The van der Waals surface area contributed by atoms with Crippen LogP contribution in [0.25, 0.3) is 11.1 Å². The van der Waals surface area contributed by atoms with Gasteiger partial charge in [-0.1, -0.05) is 24.3 Å². The van der Waals surface area contributed by atoms with Gasteiger partial charge in [-0.25, -0.2) is 0 Å². The molecule has 4 rings (SSSR count). The third kappa shape index (κ3) is 3.28. The molecule has 0 atom stereocenters. The first-order valence-corrected chi connectivity index (χ1v) is 9.72. The summed E-state index contributed by atoms with van der Waals surface area (Å²) in [5.41, 5.74) is 7.26. The third-order valence-electron chi connectivity index (χ3n) is 5.67. The van der Waals surface area contributed by atoms with Crippen molar-refractivity contribution < 1.29 is 14.4 Å². The fourth-order valence-electron chi connectivity index (χ4n) is 3.60. The van der Waals surface area contributed by atoms with E-state index in [0.717, 1.165) is 21.6 Å². The van der Waals surface area contributed by atoms with Gasteiger partial charge in [0.1, 0.15) is 0 Å². The number of nitrogens with one attached hydrogen (secondary N) is 1. The van der Waals surface area contributed by atoms with Crippen molar-refractivity contribution in [3.8, 4) is 11.1 Å². The van der Waals surface area contributed by atoms with Crippen LogP contribution in [-0.2, 0) is 0 Å². The van der Waals surface area contributed by atoms with Gasteiger partial charge in [0.25, 0.3) is 17.7 Å². The predicted octanol–water partition coefficient (Wildman–Crippen LogP) is 4.76. The second-order valence-corrected chi connectivity index (χ2v) is 7.71. The minimum atomic E-state index is -0.390. The second kappa shape index (κ2) is 7.26. The highest BCUT2D eigenvalue weighted by Gasteiger charge is 2.33. The maximum atomic E-state index is 12.8. The molecule has 0 bridgehead atoms. The second-order valence-electron chi connectivity index (χ2n) is 7.71. The Bertz CT molecular complexity index is 1230. The van der Waals surface area contributed by atoms with Crippen LogP contribution < -0.4 is 5.32 Å². The van der Waals surface area contributed by atoms with Crippen molar-refractivity contribution in [3.05, 3.63) is 88.0 Å². The lowest BCUT2D eigenvalue weighted by Crippen LogP contribution is -2.24. The van der Waals surface area contributed by atoms with Gasteiger partial charge in [-0.15, -0.1) is 0 Å². The van der Waals surface area contributed by atoms with Crippen molar-refractivity contribution in [2.75, 3.05) is 12.4 Å². The lowest BCUT2D eigenvalue weighted by molar-refractivity contribution is 0.0693. The lowest BCUT2D eigenvalue weighted by Gasteiger charge is -2.12. The van der Waals surface area contributed by atoms with E-state index in [9.17, 15) is 14.4 Å². The van der Waals surface area contributed by atoms with Gasteiger partial charge in [0.15, 0.2) is 0 Å². The SMILES string of the molecule is Cc1ccc(-c2ccc(NC(=O)c3ccc4c(c3)C(=O)N(C)C4=O)c(C)c2)cc1C. The number of carbonyl (C=O) groups is 3. The molecule has 5 heteroatoms. The molecule has 5 nitrogen and oxygen atoms in total. The molecular weight excluding hydrogens is 376 g/mol. The number of imide groups is 1. The minimum absolute atomic E-state index is 0.261. The Morgan fingerprint density at radius 1 is 0.733 bits per heavy atom. The van der Waals surface area contributed by atoms with Gasteiger partial charge in [0, 0.05) is 18.3 Å². The summed E-state index contributed by atoms with van der Waals surface area (Å²) in [6.45, 7) is 6.12. The number of rotatable bonds is 3. The average molecular weight is 398 g/mol. The first-order chi connectivity index (χ1) is 14.3. The van der Waals surface area contributed by atoms with E-state index in [1.54, 1.807) is 6.07 Å². The number of amides is 3. The highest BCUT2D eigenvalue weighted by Crippen LogP contribution is 2.27. The van der Waals surface area contributed by atoms with Crippen LogP contribution in [0.2, 0.25) is 0 Å². The number of hydrogen-bond donors (Lipinski definition) is 1. The Kier molecular flexibility index (Phi) is 4.74. The molecule has 0 saturated carbocycles. The van der Waals surface area contributed by atoms with Crippen LogP contribution in [0, 0.1) is 20.8 Å². The van der Waals surface area contributed by atoms with Crippen molar-refractivity contribution >= 4 is 23.4 Å². The molecule has 3 aromatic carbocycles. The molecule has 0 aromatic heterocycles. The van der Waals surface area contributed by atoms with Crippen LogP contribution in [-0.4, -0.2) is 29.7 Å². The average Bonchev–Trinajstić information content (AvgIpc) is 2.95. The highest BCUT2D eigenvalue weighted by molar-refractivity contribution is 6.22. The summed E-state index contributed by atoms with van der Waals surface area (Å²) < 4.78 is 0. The topological polar surface area (TPSA) is 66.5 Å². The fourth-order valence-corrected chi connectivity index (χ4v) is 3.60. The maximum absolute atomic E-state index is 12.8. The number of fused-ring (bicyclic) bond motifs is 1. The van der Waals surface area contributed by atoms with Crippen LogP contribution in [0.1, 0.15) is 47.8 Å². The Balaban J connectivity index is 1.58. The Morgan fingerprint density at radius 3 is 2.03 bits per heavy atom. The fraction of sp³-hybridized carbons (Fsp3) is 0.160. The van der Waals surface area contributed by atoms with E-state index in [0.29, 0.717) is 16.8 Å². The molecule has 3 amide bonds. The van der Waals surface area contributed by atoms with E-state index in [1.165, 1.54) is 30.3 Å². The third-order valence-corrected chi connectivity index (χ3v) is 5.67. The summed E-state index contributed by atoms with van der Waals surface area (Å²) >= 11 is 0. The molecule has 150 valence electrons. The van der Waals surface area contributed by atoms with E-state index in [2.05, 4.69) is 37.4 Å². The van der Waals surface area contributed by atoms with Crippen molar-refractivity contribution in [1.29, 1.82) is 0 Å². The summed E-state index contributed by atoms with van der Waals surface area (Å²) in [4.78, 5) is 38.0. The Labute approximate surface area is 175 Å². The smallest absolute Gasteiger partial charge is 0.261 e. The molecule has 0 unspecified atom stereocenters. The lowest BCUT2D eigenvalue weighted by atomic mass is 9.98. The van der Waals surface area contributed by atoms with Crippen molar-refractivity contribution in [2.24, 2.45) is 0 Å². The molecular formula is C25H22N2O3. The number of aryl methyl sites for hydroxylation is 3. The van der Waals surface area contributed by atoms with Crippen LogP contribution in [0.15, 0.2) is 54.6 Å². The summed E-state index contributed by atoms with van der Waals surface area (Å²) in [6, 6.07) is 16.8. The summed E-state index contributed by atoms with van der Waals surface area (Å²) in [6.07, 6.45) is 0. The van der Waals surface area contributed by atoms with E-state index >= 15 is 0 Å². The van der Waals surface area contributed by atoms with E-state index in [4.69, 9.17) is 0 Å². The standard InChI is InChI=1S/C25H22N2O3/c1-14-5-6-17(11-15(14)2)18-8-10-22(16(3)12-18)26-23(28)19-7-9-20-21(13-19)25(30)27(4)24(20)29/h5-13H,1-4H3,(H,26,28). The zero-order chi connectivity index (χ0) is 21.6. The summed E-state index contributed by atoms with van der Waals surface area (Å²) in [7, 11) is 1.44. The van der Waals surface area contributed by atoms with Gasteiger partial charge < -0.3 is 5.32 Å². The van der Waals surface area contributed by atoms with E-state index in [-0.39, 0.29) is 17.4 Å². The van der Waals surface area contributed by atoms with Gasteiger partial charge >= 0.3 is 0 Å². The number of anilines is 1. The molecule has 1 aliphatic heterocycles.